The predicted octanol–water partition coefficient (Wildman–Crippen LogP) is 4.67. The van der Waals surface area contributed by atoms with Crippen LogP contribution >= 0.6 is 0 Å². The molecule has 2 rings (SSSR count). The van der Waals surface area contributed by atoms with Gasteiger partial charge in [0.25, 0.3) is 0 Å². The second kappa shape index (κ2) is 5.00. The van der Waals surface area contributed by atoms with Crippen LogP contribution in [-0.4, -0.2) is 26.3 Å². The van der Waals surface area contributed by atoms with E-state index in [-0.39, 0.29) is 5.04 Å². The molecule has 2 aliphatic rings. The van der Waals surface area contributed by atoms with Crippen molar-refractivity contribution in [3.8, 4) is 0 Å². The molecule has 0 unspecified atom stereocenters. The average molecular weight is 280 g/mol. The highest BCUT2D eigenvalue weighted by molar-refractivity contribution is 6.74. The minimum absolute atomic E-state index is 0.278. The quantitative estimate of drug-likeness (QED) is 0.694. The molecule has 0 saturated carbocycles. The summed E-state index contributed by atoms with van der Waals surface area (Å²) in [6.45, 7) is 18.2. The summed E-state index contributed by atoms with van der Waals surface area (Å²) in [4.78, 5) is 2.45. The normalized spacial score (nSPS) is 20.6. The van der Waals surface area contributed by atoms with Crippen LogP contribution in [0.2, 0.25) is 18.1 Å². The van der Waals surface area contributed by atoms with Gasteiger partial charge in [0.05, 0.1) is 5.76 Å². The number of piperidine rings is 1. The van der Waals surface area contributed by atoms with Crippen molar-refractivity contribution in [2.24, 2.45) is 0 Å². The molecule has 0 radical (unpaired) electrons. The Labute approximate surface area is 119 Å². The number of rotatable bonds is 4. The zero-order valence-corrected chi connectivity index (χ0v) is 14.3. The Kier molecular flexibility index (Phi) is 3.87. The van der Waals surface area contributed by atoms with Crippen LogP contribution in [0.15, 0.2) is 23.6 Å². The summed E-state index contributed by atoms with van der Waals surface area (Å²) in [6, 6.07) is 0. The Hall–Kier alpha value is -0.703. The number of likely N-dealkylation sites (tertiary alicyclic amines) is 1. The summed E-state index contributed by atoms with van der Waals surface area (Å²) < 4.78 is 6.37. The average Bonchev–Trinajstić information content (AvgIpc) is 3.06. The molecule has 1 saturated heterocycles. The molecule has 0 bridgehead atoms. The van der Waals surface area contributed by atoms with Gasteiger partial charge < -0.3 is 9.33 Å². The number of nitrogens with zero attached hydrogens (tertiary/aromatic N) is 1. The molecule has 0 N–H and O–H groups in total. The SMILES string of the molecule is C=C(C1=C(O[Si](C)(C)C(C)(C)C)C1)N1CCCCC1. The van der Waals surface area contributed by atoms with E-state index in [0.717, 1.165) is 6.42 Å². The van der Waals surface area contributed by atoms with Crippen molar-refractivity contribution in [1.82, 2.24) is 4.90 Å². The first-order valence-corrected chi connectivity index (χ1v) is 10.5. The van der Waals surface area contributed by atoms with Gasteiger partial charge in [0.1, 0.15) is 0 Å². The lowest BCUT2D eigenvalue weighted by Crippen LogP contribution is -2.39. The van der Waals surface area contributed by atoms with Crippen LogP contribution in [0, 0.1) is 0 Å². The zero-order chi connectivity index (χ0) is 14.3. The molecule has 1 aliphatic heterocycles. The fraction of sp³-hybridized carbons (Fsp3) is 0.750. The lowest BCUT2D eigenvalue weighted by Gasteiger charge is -2.35. The van der Waals surface area contributed by atoms with Gasteiger partial charge in [-0.15, -0.1) is 0 Å². The van der Waals surface area contributed by atoms with Crippen LogP contribution in [0.5, 0.6) is 0 Å². The van der Waals surface area contributed by atoms with Gasteiger partial charge in [-0.05, 0) is 37.4 Å². The largest absolute Gasteiger partial charge is 0.546 e. The van der Waals surface area contributed by atoms with E-state index in [9.17, 15) is 0 Å². The molecule has 19 heavy (non-hydrogen) atoms. The van der Waals surface area contributed by atoms with E-state index in [1.807, 2.05) is 0 Å². The van der Waals surface area contributed by atoms with Crippen molar-refractivity contribution >= 4 is 8.32 Å². The minimum Gasteiger partial charge on any atom is -0.546 e. The van der Waals surface area contributed by atoms with Crippen molar-refractivity contribution in [1.29, 1.82) is 0 Å². The molecular formula is C16H29NOSi. The van der Waals surface area contributed by atoms with Crippen LogP contribution in [0.3, 0.4) is 0 Å². The molecule has 0 spiro atoms. The van der Waals surface area contributed by atoms with Gasteiger partial charge in [-0.1, -0.05) is 27.4 Å². The monoisotopic (exact) mass is 279 g/mol. The second-order valence-electron chi connectivity index (χ2n) is 7.44. The third kappa shape index (κ3) is 3.25. The van der Waals surface area contributed by atoms with Crippen molar-refractivity contribution in [2.75, 3.05) is 13.1 Å². The molecule has 1 fully saturated rings. The number of hydrogen-bond acceptors (Lipinski definition) is 2. The molecule has 0 atom stereocenters. The van der Waals surface area contributed by atoms with E-state index in [2.05, 4.69) is 45.3 Å². The van der Waals surface area contributed by atoms with Crippen molar-refractivity contribution < 1.29 is 4.43 Å². The molecular weight excluding hydrogens is 250 g/mol. The fourth-order valence-corrected chi connectivity index (χ4v) is 3.41. The van der Waals surface area contributed by atoms with Crippen LogP contribution < -0.4 is 0 Å². The Morgan fingerprint density at radius 1 is 1.16 bits per heavy atom. The van der Waals surface area contributed by atoms with Gasteiger partial charge in [0, 0.05) is 30.8 Å². The van der Waals surface area contributed by atoms with Gasteiger partial charge in [-0.3, -0.25) is 0 Å². The highest BCUT2D eigenvalue weighted by Crippen LogP contribution is 2.45. The zero-order valence-electron chi connectivity index (χ0n) is 13.3. The van der Waals surface area contributed by atoms with Crippen molar-refractivity contribution in [2.45, 2.75) is 64.6 Å². The predicted molar refractivity (Wildman–Crippen MR) is 84.5 cm³/mol. The number of hydrogen-bond donors (Lipinski definition) is 0. The van der Waals surface area contributed by atoms with Crippen LogP contribution in [0.4, 0.5) is 0 Å². The van der Waals surface area contributed by atoms with E-state index in [0.29, 0.717) is 0 Å². The first kappa shape index (κ1) is 14.7. The van der Waals surface area contributed by atoms with Gasteiger partial charge in [-0.2, -0.15) is 0 Å². The van der Waals surface area contributed by atoms with Crippen molar-refractivity contribution in [3.63, 3.8) is 0 Å². The Balaban J connectivity index is 1.97. The van der Waals surface area contributed by atoms with E-state index in [1.165, 1.54) is 49.4 Å². The first-order chi connectivity index (χ1) is 8.72. The maximum atomic E-state index is 6.37. The highest BCUT2D eigenvalue weighted by atomic mass is 28.4. The van der Waals surface area contributed by atoms with Gasteiger partial charge in [-0.25, -0.2) is 0 Å². The van der Waals surface area contributed by atoms with E-state index in [4.69, 9.17) is 4.43 Å². The van der Waals surface area contributed by atoms with Gasteiger partial charge in [0.15, 0.2) is 0 Å². The van der Waals surface area contributed by atoms with Crippen LogP contribution in [0.25, 0.3) is 0 Å². The molecule has 0 aromatic carbocycles. The highest BCUT2D eigenvalue weighted by Gasteiger charge is 2.42. The summed E-state index contributed by atoms with van der Waals surface area (Å²) in [6.07, 6.45) is 5.02. The van der Waals surface area contributed by atoms with Crippen molar-refractivity contribution in [3.05, 3.63) is 23.6 Å². The Morgan fingerprint density at radius 3 is 2.26 bits per heavy atom. The minimum atomic E-state index is -1.66. The van der Waals surface area contributed by atoms with Gasteiger partial charge in [0.2, 0.25) is 8.32 Å². The summed E-state index contributed by atoms with van der Waals surface area (Å²) >= 11 is 0. The second-order valence-corrected chi connectivity index (χ2v) is 12.2. The Bertz CT molecular complexity index is 397. The lowest BCUT2D eigenvalue weighted by atomic mass is 10.1. The third-order valence-corrected chi connectivity index (χ3v) is 9.19. The summed E-state index contributed by atoms with van der Waals surface area (Å²) in [5.41, 5.74) is 2.61. The maximum Gasteiger partial charge on any atom is 0.250 e. The van der Waals surface area contributed by atoms with Gasteiger partial charge >= 0.3 is 0 Å². The summed E-state index contributed by atoms with van der Waals surface area (Å²) in [5, 5.41) is 0.278. The summed E-state index contributed by atoms with van der Waals surface area (Å²) in [5.74, 6) is 1.22. The fourth-order valence-electron chi connectivity index (χ4n) is 2.29. The molecule has 0 amide bonds. The van der Waals surface area contributed by atoms with Crippen LogP contribution in [-0.2, 0) is 4.43 Å². The Morgan fingerprint density at radius 2 is 1.74 bits per heavy atom. The topological polar surface area (TPSA) is 12.5 Å². The molecule has 2 nitrogen and oxygen atoms in total. The summed E-state index contributed by atoms with van der Waals surface area (Å²) in [7, 11) is -1.66. The third-order valence-electron chi connectivity index (χ3n) is 4.82. The maximum absolute atomic E-state index is 6.37. The van der Waals surface area contributed by atoms with E-state index < -0.39 is 8.32 Å². The molecule has 0 aromatic heterocycles. The smallest absolute Gasteiger partial charge is 0.250 e. The van der Waals surface area contributed by atoms with E-state index >= 15 is 0 Å². The standard InChI is InChI=1S/C16H29NOSi/c1-13(17-10-8-7-9-11-17)14-12-15(14)18-19(5,6)16(2,3)4/h1,7-12H2,2-6H3. The van der Waals surface area contributed by atoms with Crippen LogP contribution in [0.1, 0.15) is 46.5 Å². The molecule has 3 heteroatoms. The lowest BCUT2D eigenvalue weighted by molar-refractivity contribution is 0.292. The molecule has 108 valence electrons. The number of allylic oxidation sites excluding steroid dienone is 2. The van der Waals surface area contributed by atoms with E-state index in [1.54, 1.807) is 0 Å². The first-order valence-electron chi connectivity index (χ1n) is 7.57. The molecule has 0 aromatic rings. The molecule has 1 aliphatic carbocycles. The molecule has 1 heterocycles.